The molecule has 5 heterocycles. The van der Waals surface area contributed by atoms with E-state index in [1.807, 2.05) is 37.9 Å². The fourth-order valence-electron chi connectivity index (χ4n) is 8.07. The van der Waals surface area contributed by atoms with Crippen LogP contribution >= 0.6 is 0 Å². The number of fused-ring (bicyclic) bond motifs is 1. The molecule has 2 aromatic carbocycles. The minimum atomic E-state index is -0.436. The molecule has 3 saturated heterocycles. The predicted molar refractivity (Wildman–Crippen MR) is 202 cm³/mol. The summed E-state index contributed by atoms with van der Waals surface area (Å²) in [5, 5.41) is 4.66. The summed E-state index contributed by atoms with van der Waals surface area (Å²) < 4.78 is 13.8. The van der Waals surface area contributed by atoms with Crippen LogP contribution in [0, 0.1) is 5.92 Å². The maximum Gasteiger partial charge on any atom is 0.410 e. The number of benzene rings is 2. The monoisotopic (exact) mass is 692 g/mol. The van der Waals surface area contributed by atoms with Crippen LogP contribution in [-0.2, 0) is 4.74 Å². The van der Waals surface area contributed by atoms with Gasteiger partial charge in [0.25, 0.3) is 0 Å². The minimum Gasteiger partial charge on any atom is -0.494 e. The first-order valence-corrected chi connectivity index (χ1v) is 18.8. The molecule has 4 fully saturated rings. The second-order valence-electron chi connectivity index (χ2n) is 15.8. The summed E-state index contributed by atoms with van der Waals surface area (Å²) in [5.41, 5.74) is 4.90. The lowest BCUT2D eigenvalue weighted by Crippen LogP contribution is -2.57. The van der Waals surface area contributed by atoms with Gasteiger partial charge in [0.15, 0.2) is 0 Å². The second kappa shape index (κ2) is 14.0. The van der Waals surface area contributed by atoms with Crippen molar-refractivity contribution in [2.75, 3.05) is 76.2 Å². The molecule has 1 saturated carbocycles. The second-order valence-corrected chi connectivity index (χ2v) is 15.8. The zero-order valence-corrected chi connectivity index (χ0v) is 30.6. The number of piperidine rings is 1. The quantitative estimate of drug-likeness (QED) is 0.207. The van der Waals surface area contributed by atoms with Crippen LogP contribution in [0.2, 0.25) is 0 Å². The van der Waals surface area contributed by atoms with Crippen molar-refractivity contribution < 1.29 is 14.3 Å². The Labute approximate surface area is 301 Å². The van der Waals surface area contributed by atoms with Gasteiger partial charge in [0, 0.05) is 104 Å². The van der Waals surface area contributed by atoms with Crippen molar-refractivity contribution in [3.63, 3.8) is 0 Å². The van der Waals surface area contributed by atoms with Gasteiger partial charge < -0.3 is 34.1 Å². The molecule has 1 amide bonds. The number of aromatic nitrogens is 3. The average molecular weight is 693 g/mol. The van der Waals surface area contributed by atoms with Gasteiger partial charge in [-0.25, -0.2) is 14.8 Å². The van der Waals surface area contributed by atoms with E-state index in [0.29, 0.717) is 23.9 Å². The van der Waals surface area contributed by atoms with Gasteiger partial charge in [0.2, 0.25) is 5.95 Å². The van der Waals surface area contributed by atoms with Crippen LogP contribution in [0.15, 0.2) is 60.9 Å². The Kier molecular flexibility index (Phi) is 9.27. The third-order valence-electron chi connectivity index (χ3n) is 10.9. The molecule has 3 aliphatic heterocycles. The number of methoxy groups -OCH3 is 1. The third-order valence-corrected chi connectivity index (χ3v) is 10.9. The Morgan fingerprint density at radius 1 is 0.922 bits per heavy atom. The number of piperazine rings is 1. The maximum absolute atomic E-state index is 12.3. The van der Waals surface area contributed by atoms with Crippen molar-refractivity contribution in [2.24, 2.45) is 5.92 Å². The Morgan fingerprint density at radius 2 is 1.69 bits per heavy atom. The van der Waals surface area contributed by atoms with E-state index in [-0.39, 0.29) is 6.09 Å². The molecule has 2 aromatic heterocycles. The first-order valence-electron chi connectivity index (χ1n) is 18.8. The maximum atomic E-state index is 12.3. The van der Waals surface area contributed by atoms with E-state index in [1.54, 1.807) is 7.11 Å². The van der Waals surface area contributed by atoms with Crippen LogP contribution in [0.3, 0.4) is 0 Å². The molecular weight excluding hydrogens is 640 g/mol. The number of nitrogens with zero attached hydrogens (tertiary/aromatic N) is 7. The number of carbonyl (C=O) groups excluding carboxylic acids is 1. The van der Waals surface area contributed by atoms with Crippen molar-refractivity contribution in [2.45, 2.75) is 64.1 Å². The van der Waals surface area contributed by atoms with Crippen LogP contribution < -0.4 is 15.0 Å². The number of hydrogen-bond acceptors (Lipinski definition) is 9. The van der Waals surface area contributed by atoms with Crippen molar-refractivity contribution in [1.82, 2.24) is 29.2 Å². The molecule has 1 N–H and O–H groups in total. The topological polar surface area (TPSA) is 91.2 Å². The van der Waals surface area contributed by atoms with E-state index in [4.69, 9.17) is 14.5 Å². The highest BCUT2D eigenvalue weighted by molar-refractivity contribution is 5.95. The van der Waals surface area contributed by atoms with Gasteiger partial charge in [0.05, 0.1) is 18.5 Å². The third kappa shape index (κ3) is 7.51. The van der Waals surface area contributed by atoms with Crippen LogP contribution in [0.4, 0.5) is 22.1 Å². The number of rotatable bonds is 9. The van der Waals surface area contributed by atoms with Gasteiger partial charge in [0.1, 0.15) is 11.4 Å². The lowest BCUT2D eigenvalue weighted by molar-refractivity contribution is -0.00908. The molecule has 8 rings (SSSR count). The number of anilines is 3. The van der Waals surface area contributed by atoms with Crippen molar-refractivity contribution in [3.05, 3.63) is 60.9 Å². The molecule has 1 aliphatic carbocycles. The molecule has 4 aliphatic rings. The zero-order chi connectivity index (χ0) is 35.1. The van der Waals surface area contributed by atoms with Crippen LogP contribution in [0.25, 0.3) is 22.2 Å². The molecule has 11 heteroatoms. The SMILES string of the molecule is COc1cc(N2CCN(C3CCN(CC4CN(C(=O)OC(C)(C)C)C4)CC3)CC2)ccc1Nc1nccc(-c2cn(C3CC3)c3ccccc23)n1. The summed E-state index contributed by atoms with van der Waals surface area (Å²) in [5.74, 6) is 1.89. The fraction of sp³-hybridized carbons (Fsp3) is 0.525. The van der Waals surface area contributed by atoms with Crippen LogP contribution in [-0.4, -0.2) is 113 Å². The smallest absolute Gasteiger partial charge is 0.410 e. The highest BCUT2D eigenvalue weighted by atomic mass is 16.6. The highest BCUT2D eigenvalue weighted by Gasteiger charge is 2.36. The lowest BCUT2D eigenvalue weighted by atomic mass is 9.97. The van der Waals surface area contributed by atoms with Gasteiger partial charge in [-0.15, -0.1) is 0 Å². The number of carbonyl (C=O) groups is 1. The highest BCUT2D eigenvalue weighted by Crippen LogP contribution is 2.41. The standard InChI is InChI=1S/C40H52N8O3/c1-40(2,3)51-39(49)47-25-28(26-47)24-44-17-14-29(15-18-44)45-19-21-46(22-20-45)31-11-12-35(37(23-31)50-4)43-38-41-16-13-34(42-38)33-27-48(30-9-10-30)36-8-6-5-7-32(33)36/h5-8,11-13,16,23,27-30H,9-10,14-15,17-22,24-26H2,1-4H3,(H,41,42,43). The van der Waals surface area contributed by atoms with Crippen molar-refractivity contribution in [1.29, 1.82) is 0 Å². The van der Waals surface area contributed by atoms with E-state index in [2.05, 4.69) is 78.2 Å². The zero-order valence-electron chi connectivity index (χ0n) is 30.6. The average Bonchev–Trinajstić information content (AvgIpc) is 3.89. The Bertz CT molecular complexity index is 1840. The number of para-hydroxylation sites is 1. The van der Waals surface area contributed by atoms with Crippen molar-refractivity contribution in [3.8, 4) is 17.0 Å². The molecule has 4 aromatic rings. The molecule has 51 heavy (non-hydrogen) atoms. The van der Waals surface area contributed by atoms with Gasteiger partial charge in [-0.1, -0.05) is 18.2 Å². The van der Waals surface area contributed by atoms with E-state index < -0.39 is 5.60 Å². The van der Waals surface area contributed by atoms with E-state index in [1.165, 1.54) is 42.3 Å². The van der Waals surface area contributed by atoms with Crippen molar-refractivity contribution >= 4 is 34.3 Å². The molecular formula is C40H52N8O3. The summed E-state index contributed by atoms with van der Waals surface area (Å²) >= 11 is 0. The van der Waals surface area contributed by atoms with Crippen LogP contribution in [0.5, 0.6) is 5.75 Å². The number of ether oxygens (including phenoxy) is 2. The molecule has 0 atom stereocenters. The first kappa shape index (κ1) is 33.8. The Balaban J connectivity index is 0.831. The number of amides is 1. The Hall–Kier alpha value is -4.35. The lowest BCUT2D eigenvalue weighted by Gasteiger charge is -2.45. The number of nitrogens with one attached hydrogen (secondary N) is 1. The molecule has 0 unspecified atom stereocenters. The molecule has 11 nitrogen and oxygen atoms in total. The number of hydrogen-bond donors (Lipinski definition) is 1. The normalized spacial score (nSPS) is 19.7. The van der Waals surface area contributed by atoms with E-state index in [0.717, 1.165) is 81.6 Å². The Morgan fingerprint density at radius 3 is 2.41 bits per heavy atom. The molecule has 270 valence electrons. The first-order chi connectivity index (χ1) is 24.7. The summed E-state index contributed by atoms with van der Waals surface area (Å²) in [7, 11) is 1.72. The van der Waals surface area contributed by atoms with Crippen LogP contribution in [0.1, 0.15) is 52.5 Å². The van der Waals surface area contributed by atoms with Gasteiger partial charge in [-0.3, -0.25) is 4.90 Å². The summed E-state index contributed by atoms with van der Waals surface area (Å²) in [4.78, 5) is 31.4. The summed E-state index contributed by atoms with van der Waals surface area (Å²) in [6, 6.07) is 18.2. The largest absolute Gasteiger partial charge is 0.494 e. The molecule has 0 spiro atoms. The van der Waals surface area contributed by atoms with Gasteiger partial charge >= 0.3 is 6.09 Å². The summed E-state index contributed by atoms with van der Waals surface area (Å²) in [6.07, 6.45) is 8.80. The predicted octanol–water partition coefficient (Wildman–Crippen LogP) is 6.64. The minimum absolute atomic E-state index is 0.178. The van der Waals surface area contributed by atoms with E-state index in [9.17, 15) is 4.79 Å². The summed E-state index contributed by atoms with van der Waals surface area (Å²) in [6.45, 7) is 14.9. The fourth-order valence-corrected chi connectivity index (χ4v) is 8.07. The molecule has 0 bridgehead atoms. The number of likely N-dealkylation sites (tertiary alicyclic amines) is 2. The molecule has 0 radical (unpaired) electrons. The van der Waals surface area contributed by atoms with Gasteiger partial charge in [-0.2, -0.15) is 0 Å². The van der Waals surface area contributed by atoms with Gasteiger partial charge in [-0.05, 0) is 83.8 Å². The van der Waals surface area contributed by atoms with E-state index >= 15 is 0 Å².